The molecule has 0 unspecified atom stereocenters. The van der Waals surface area contributed by atoms with E-state index in [1.54, 1.807) is 0 Å². The van der Waals surface area contributed by atoms with Gasteiger partial charge in [-0.3, -0.25) is 0 Å². The SMILES string of the molecule is CCCCCCCCCCCCCC[As]. The van der Waals surface area contributed by atoms with Gasteiger partial charge in [-0.15, -0.1) is 0 Å². The second kappa shape index (κ2) is 14.6. The van der Waals surface area contributed by atoms with Crippen molar-refractivity contribution in [3.8, 4) is 0 Å². The summed E-state index contributed by atoms with van der Waals surface area (Å²) in [5, 5.41) is 1.31. The summed E-state index contributed by atoms with van der Waals surface area (Å²) in [7, 11) is 0. The Kier molecular flexibility index (Phi) is 15.1. The van der Waals surface area contributed by atoms with Gasteiger partial charge in [-0.05, 0) is 0 Å². The molecule has 2 radical (unpaired) electrons. The van der Waals surface area contributed by atoms with E-state index in [2.05, 4.69) is 23.8 Å². The van der Waals surface area contributed by atoms with Crippen molar-refractivity contribution in [1.82, 2.24) is 0 Å². The first-order valence-corrected chi connectivity index (χ1v) is 8.35. The summed E-state index contributed by atoms with van der Waals surface area (Å²) in [4.78, 5) is 0. The van der Waals surface area contributed by atoms with Gasteiger partial charge < -0.3 is 0 Å². The van der Waals surface area contributed by atoms with Crippen LogP contribution in [0.4, 0.5) is 0 Å². The molecule has 0 rings (SSSR count). The Bertz CT molecular complexity index is 89.5. The molecule has 1 heteroatoms. The first-order valence-electron chi connectivity index (χ1n) is 7.02. The summed E-state index contributed by atoms with van der Waals surface area (Å²) in [5.41, 5.74) is 0. The van der Waals surface area contributed by atoms with E-state index in [4.69, 9.17) is 0 Å². The van der Waals surface area contributed by atoms with Crippen molar-refractivity contribution in [3.05, 3.63) is 0 Å². The summed E-state index contributed by atoms with van der Waals surface area (Å²) in [6, 6.07) is 0. The topological polar surface area (TPSA) is 0 Å². The molecule has 0 aromatic heterocycles. The Morgan fingerprint density at radius 1 is 0.533 bits per heavy atom. The summed E-state index contributed by atoms with van der Waals surface area (Å²) in [6.45, 7) is 2.29. The Labute approximate surface area is 106 Å². The van der Waals surface area contributed by atoms with Crippen LogP contribution in [0.25, 0.3) is 0 Å². The normalized spacial score (nSPS) is 10.8. The summed E-state index contributed by atoms with van der Waals surface area (Å²) < 4.78 is 0. The van der Waals surface area contributed by atoms with Crippen molar-refractivity contribution in [3.63, 3.8) is 0 Å². The summed E-state index contributed by atoms with van der Waals surface area (Å²) in [5.74, 6) is 0. The molecule has 0 aromatic carbocycles. The van der Waals surface area contributed by atoms with E-state index in [1.165, 1.54) is 82.3 Å². The zero-order chi connectivity index (χ0) is 11.2. The zero-order valence-electron chi connectivity index (χ0n) is 10.6. The molecule has 0 saturated heterocycles. The number of hydrogen-bond acceptors (Lipinski definition) is 0. The molecule has 0 saturated carbocycles. The van der Waals surface area contributed by atoms with Crippen LogP contribution in [0.15, 0.2) is 0 Å². The van der Waals surface area contributed by atoms with Gasteiger partial charge in [-0.2, -0.15) is 0 Å². The van der Waals surface area contributed by atoms with Crippen molar-refractivity contribution in [2.45, 2.75) is 89.2 Å². The molecule has 0 atom stereocenters. The van der Waals surface area contributed by atoms with E-state index < -0.39 is 0 Å². The van der Waals surface area contributed by atoms with Crippen LogP contribution >= 0.6 is 0 Å². The van der Waals surface area contributed by atoms with Crippen LogP contribution < -0.4 is 0 Å². The fourth-order valence-corrected chi connectivity index (χ4v) is 2.42. The Balaban J connectivity index is 2.81. The van der Waals surface area contributed by atoms with E-state index in [1.807, 2.05) is 0 Å². The van der Waals surface area contributed by atoms with Gasteiger partial charge in [0.2, 0.25) is 0 Å². The first-order chi connectivity index (χ1) is 7.41. The quantitative estimate of drug-likeness (QED) is 0.335. The van der Waals surface area contributed by atoms with Gasteiger partial charge in [0.15, 0.2) is 0 Å². The van der Waals surface area contributed by atoms with E-state index in [9.17, 15) is 0 Å². The van der Waals surface area contributed by atoms with Gasteiger partial charge in [0.1, 0.15) is 0 Å². The van der Waals surface area contributed by atoms with Crippen molar-refractivity contribution < 1.29 is 0 Å². The molecular weight excluding hydrogens is 243 g/mol. The average molecular weight is 272 g/mol. The van der Waals surface area contributed by atoms with Crippen LogP contribution in [0.1, 0.15) is 84.0 Å². The molecule has 0 aromatic rings. The maximum atomic E-state index is 2.68. The van der Waals surface area contributed by atoms with E-state index in [-0.39, 0.29) is 0 Å². The summed E-state index contributed by atoms with van der Waals surface area (Å²) in [6.07, 6.45) is 17.5. The molecule has 0 fully saturated rings. The van der Waals surface area contributed by atoms with Gasteiger partial charge in [-0.1, -0.05) is 13.3 Å². The Morgan fingerprint density at radius 2 is 0.867 bits per heavy atom. The fraction of sp³-hybridized carbons (Fsp3) is 1.00. The number of unbranched alkanes of at least 4 members (excludes halogenated alkanes) is 11. The molecule has 15 heavy (non-hydrogen) atoms. The van der Waals surface area contributed by atoms with Crippen LogP contribution in [-0.2, 0) is 0 Å². The van der Waals surface area contributed by atoms with Gasteiger partial charge in [0.25, 0.3) is 0 Å². The Morgan fingerprint density at radius 3 is 1.20 bits per heavy atom. The second-order valence-electron chi connectivity index (χ2n) is 4.61. The van der Waals surface area contributed by atoms with Gasteiger partial charge in [0, 0.05) is 0 Å². The molecule has 0 aliphatic rings. The van der Waals surface area contributed by atoms with Gasteiger partial charge >= 0.3 is 92.7 Å². The second-order valence-corrected chi connectivity index (χ2v) is 5.55. The van der Waals surface area contributed by atoms with E-state index in [0.29, 0.717) is 0 Å². The minimum atomic E-state index is 1.31. The number of rotatable bonds is 12. The predicted molar refractivity (Wildman–Crippen MR) is 71.6 cm³/mol. The van der Waals surface area contributed by atoms with Crippen molar-refractivity contribution in [2.24, 2.45) is 0 Å². The molecular formula is C14H29As. The van der Waals surface area contributed by atoms with Crippen molar-refractivity contribution >= 4 is 16.9 Å². The molecule has 0 bridgehead atoms. The molecule has 90 valence electrons. The van der Waals surface area contributed by atoms with Crippen LogP contribution in [0.3, 0.4) is 0 Å². The standard InChI is InChI=1S/C14H29As/c1-2-3-4-5-6-7-8-9-10-11-12-13-14-15/h2-14H2,1H3. The molecule has 0 amide bonds. The predicted octanol–water partition coefficient (Wildman–Crippen LogP) is 5.27. The molecule has 0 nitrogen and oxygen atoms in total. The zero-order valence-corrected chi connectivity index (χ0v) is 12.5. The molecule has 0 aliphatic heterocycles. The van der Waals surface area contributed by atoms with Crippen molar-refractivity contribution in [1.29, 1.82) is 0 Å². The third-order valence-electron chi connectivity index (χ3n) is 3.01. The minimum absolute atomic E-state index is 1.31. The first kappa shape index (κ1) is 15.6. The van der Waals surface area contributed by atoms with Crippen LogP contribution in [0.2, 0.25) is 5.21 Å². The maximum absolute atomic E-state index is 2.68. The Hall–Kier alpha value is 0.558. The number of hydrogen-bond donors (Lipinski definition) is 0. The molecule has 0 heterocycles. The van der Waals surface area contributed by atoms with Gasteiger partial charge in [-0.25, -0.2) is 0 Å². The average Bonchev–Trinajstić information content (AvgIpc) is 2.26. The monoisotopic (exact) mass is 272 g/mol. The van der Waals surface area contributed by atoms with Crippen molar-refractivity contribution in [2.75, 3.05) is 0 Å². The third-order valence-corrected chi connectivity index (χ3v) is 3.68. The molecule has 0 spiro atoms. The van der Waals surface area contributed by atoms with Crippen LogP contribution in [0, 0.1) is 0 Å². The van der Waals surface area contributed by atoms with Crippen LogP contribution in [-0.4, -0.2) is 16.9 Å². The van der Waals surface area contributed by atoms with E-state index >= 15 is 0 Å². The molecule has 0 N–H and O–H groups in total. The summed E-state index contributed by atoms with van der Waals surface area (Å²) >= 11 is 2.68. The third kappa shape index (κ3) is 14.6. The fourth-order valence-electron chi connectivity index (χ4n) is 1.95. The molecule has 0 aliphatic carbocycles. The van der Waals surface area contributed by atoms with Gasteiger partial charge in [0.05, 0.1) is 0 Å². The van der Waals surface area contributed by atoms with Crippen LogP contribution in [0.5, 0.6) is 0 Å². The van der Waals surface area contributed by atoms with E-state index in [0.717, 1.165) is 0 Å².